The van der Waals surface area contributed by atoms with E-state index in [4.69, 9.17) is 0 Å². The molecule has 23 heavy (non-hydrogen) atoms. The zero-order valence-electron chi connectivity index (χ0n) is 14.7. The van der Waals surface area contributed by atoms with Gasteiger partial charge in [0.25, 0.3) is 0 Å². The van der Waals surface area contributed by atoms with Crippen LogP contribution in [0.15, 0.2) is 35.5 Å². The number of fused-ring (bicyclic) bond motifs is 1. The minimum atomic E-state index is -0.584. The summed E-state index contributed by atoms with van der Waals surface area (Å²) in [5.74, 6) is 3.37. The van der Waals surface area contributed by atoms with Crippen LogP contribution in [-0.2, 0) is 0 Å². The van der Waals surface area contributed by atoms with E-state index in [0.717, 1.165) is 29.2 Å². The lowest BCUT2D eigenvalue weighted by atomic mass is 9.72. The first-order valence-electron chi connectivity index (χ1n) is 9.40. The van der Waals surface area contributed by atoms with Gasteiger partial charge in [-0.3, -0.25) is 0 Å². The molecule has 0 heterocycles. The Kier molecular flexibility index (Phi) is 5.13. The van der Waals surface area contributed by atoms with Crippen LogP contribution in [-0.4, -0.2) is 22.4 Å². The molecule has 3 saturated carbocycles. The van der Waals surface area contributed by atoms with Crippen LogP contribution < -0.4 is 0 Å². The number of hydrogen-bond donors (Lipinski definition) is 2. The molecule has 0 aromatic carbocycles. The van der Waals surface area contributed by atoms with E-state index in [9.17, 15) is 10.2 Å². The minimum Gasteiger partial charge on any atom is -0.388 e. The quantitative estimate of drug-likeness (QED) is 0.742. The largest absolute Gasteiger partial charge is 0.388 e. The topological polar surface area (TPSA) is 40.5 Å². The van der Waals surface area contributed by atoms with Crippen molar-refractivity contribution >= 4 is 0 Å². The monoisotopic (exact) mass is 316 g/mol. The summed E-state index contributed by atoms with van der Waals surface area (Å²) >= 11 is 0. The lowest BCUT2D eigenvalue weighted by Gasteiger charge is -2.33. The molecule has 0 saturated heterocycles. The molecule has 0 radical (unpaired) electrons. The third-order valence-electron chi connectivity index (χ3n) is 6.51. The maximum atomic E-state index is 9.98. The highest BCUT2D eigenvalue weighted by Crippen LogP contribution is 2.50. The second-order valence-corrected chi connectivity index (χ2v) is 8.23. The summed E-state index contributed by atoms with van der Waals surface area (Å²) in [5, 5.41) is 20.0. The molecule has 0 bridgehead atoms. The summed E-state index contributed by atoms with van der Waals surface area (Å²) in [4.78, 5) is 0. The molecule has 5 atom stereocenters. The van der Waals surface area contributed by atoms with Crippen LogP contribution in [0.4, 0.5) is 0 Å². The normalized spacial score (nSPS) is 39.9. The summed E-state index contributed by atoms with van der Waals surface area (Å²) in [6, 6.07) is 0. The van der Waals surface area contributed by atoms with E-state index in [1.165, 1.54) is 32.1 Å². The van der Waals surface area contributed by atoms with Crippen molar-refractivity contribution in [2.75, 3.05) is 0 Å². The van der Waals surface area contributed by atoms with Gasteiger partial charge in [-0.1, -0.05) is 43.7 Å². The van der Waals surface area contributed by atoms with Gasteiger partial charge in [0.05, 0.1) is 12.2 Å². The summed E-state index contributed by atoms with van der Waals surface area (Å²) < 4.78 is 0. The molecular weight excluding hydrogens is 284 g/mol. The van der Waals surface area contributed by atoms with Crippen molar-refractivity contribution in [1.82, 2.24) is 0 Å². The molecule has 0 amide bonds. The van der Waals surface area contributed by atoms with Crippen LogP contribution in [0.25, 0.3) is 0 Å². The van der Waals surface area contributed by atoms with Gasteiger partial charge in [-0.15, -0.1) is 0 Å². The predicted molar refractivity (Wildman–Crippen MR) is 94.9 cm³/mol. The van der Waals surface area contributed by atoms with E-state index in [1.54, 1.807) is 5.57 Å². The molecule has 0 aliphatic heterocycles. The zero-order chi connectivity index (χ0) is 16.6. The molecule has 3 fully saturated rings. The highest BCUT2D eigenvalue weighted by atomic mass is 16.3. The van der Waals surface area contributed by atoms with Gasteiger partial charge >= 0.3 is 0 Å². The summed E-state index contributed by atoms with van der Waals surface area (Å²) in [6.07, 6.45) is 11.3. The average Bonchev–Trinajstić information content (AvgIpc) is 2.95. The first kappa shape index (κ1) is 17.0. The Hall–Kier alpha value is -0.860. The van der Waals surface area contributed by atoms with Gasteiger partial charge in [0, 0.05) is 0 Å². The zero-order valence-corrected chi connectivity index (χ0v) is 14.7. The Balaban J connectivity index is 1.72. The van der Waals surface area contributed by atoms with Crippen LogP contribution >= 0.6 is 0 Å². The van der Waals surface area contributed by atoms with Gasteiger partial charge in [-0.2, -0.15) is 0 Å². The van der Waals surface area contributed by atoms with E-state index in [1.807, 2.05) is 0 Å². The number of allylic oxidation sites excluding steroid dienone is 3. The van der Waals surface area contributed by atoms with Crippen LogP contribution in [0, 0.1) is 23.7 Å². The fourth-order valence-electron chi connectivity index (χ4n) is 5.16. The first-order chi connectivity index (χ1) is 11.0. The van der Waals surface area contributed by atoms with E-state index in [2.05, 4.69) is 32.6 Å². The highest BCUT2D eigenvalue weighted by Gasteiger charge is 2.40. The van der Waals surface area contributed by atoms with Crippen LogP contribution in [0.3, 0.4) is 0 Å². The number of aliphatic hydroxyl groups excluding tert-OH is 2. The van der Waals surface area contributed by atoms with Gasteiger partial charge in [0.15, 0.2) is 0 Å². The first-order valence-corrected chi connectivity index (χ1v) is 9.40. The molecule has 0 aromatic rings. The molecule has 2 nitrogen and oxygen atoms in total. The van der Waals surface area contributed by atoms with E-state index >= 15 is 0 Å². The Morgan fingerprint density at radius 1 is 1.04 bits per heavy atom. The van der Waals surface area contributed by atoms with Gasteiger partial charge in [0.1, 0.15) is 0 Å². The predicted octanol–water partition coefficient (Wildman–Crippen LogP) is 4.39. The van der Waals surface area contributed by atoms with E-state index in [0.29, 0.717) is 18.4 Å². The summed E-state index contributed by atoms with van der Waals surface area (Å²) in [5.41, 5.74) is 3.35. The van der Waals surface area contributed by atoms with Crippen molar-refractivity contribution in [2.24, 2.45) is 23.7 Å². The third kappa shape index (κ3) is 3.49. The Morgan fingerprint density at radius 2 is 1.74 bits per heavy atom. The summed E-state index contributed by atoms with van der Waals surface area (Å²) in [7, 11) is 0. The summed E-state index contributed by atoms with van der Waals surface area (Å²) in [6.45, 7) is 8.55. The van der Waals surface area contributed by atoms with Crippen LogP contribution in [0.2, 0.25) is 0 Å². The van der Waals surface area contributed by atoms with Crippen LogP contribution in [0.1, 0.15) is 58.8 Å². The second-order valence-electron chi connectivity index (χ2n) is 8.23. The fraction of sp³-hybridized carbons (Fsp3) is 0.714. The lowest BCUT2D eigenvalue weighted by molar-refractivity contribution is 0.123. The van der Waals surface area contributed by atoms with Gasteiger partial charge < -0.3 is 10.2 Å². The third-order valence-corrected chi connectivity index (χ3v) is 6.51. The molecule has 3 aliphatic carbocycles. The van der Waals surface area contributed by atoms with Crippen molar-refractivity contribution in [3.05, 3.63) is 35.5 Å². The van der Waals surface area contributed by atoms with Gasteiger partial charge in [-0.05, 0) is 74.2 Å². The maximum absolute atomic E-state index is 9.98. The molecule has 128 valence electrons. The van der Waals surface area contributed by atoms with E-state index < -0.39 is 12.2 Å². The smallest absolute Gasteiger partial charge is 0.0809 e. The molecule has 0 spiro atoms. The highest BCUT2D eigenvalue weighted by molar-refractivity contribution is 5.28. The van der Waals surface area contributed by atoms with Gasteiger partial charge in [0.2, 0.25) is 0 Å². The van der Waals surface area contributed by atoms with E-state index in [-0.39, 0.29) is 0 Å². The average molecular weight is 316 g/mol. The molecule has 3 aliphatic rings. The fourth-order valence-corrected chi connectivity index (χ4v) is 5.16. The number of rotatable bonds is 2. The molecule has 1 unspecified atom stereocenters. The molecular formula is C21H32O2. The van der Waals surface area contributed by atoms with Crippen molar-refractivity contribution in [3.63, 3.8) is 0 Å². The minimum absolute atomic E-state index is 0.572. The van der Waals surface area contributed by atoms with Crippen LogP contribution in [0.5, 0.6) is 0 Å². The standard InChI is InChI=1S/C21H32O2/c1-13(2)17-9-10-18-16(5-4-6-19(17)18)8-7-15-11-20(22)14(3)21(23)12-15/h7-8,13,17-23H,3-6,9-12H2,1-2H3/t17?,18-,19+,20+,21+/m0/s1. The SMILES string of the molecule is C=C1[C@H](O)CC(=CC=C2CCC[C@@H]3C(C(C)C)CC[C@@H]23)C[C@H]1O. The Morgan fingerprint density at radius 3 is 2.39 bits per heavy atom. The van der Waals surface area contributed by atoms with Crippen molar-refractivity contribution in [1.29, 1.82) is 0 Å². The van der Waals surface area contributed by atoms with Crippen molar-refractivity contribution < 1.29 is 10.2 Å². The second kappa shape index (κ2) is 6.94. The Labute approximate surface area is 141 Å². The Bertz CT molecular complexity index is 498. The molecule has 2 heteroatoms. The maximum Gasteiger partial charge on any atom is 0.0809 e. The number of aliphatic hydroxyl groups is 2. The van der Waals surface area contributed by atoms with Gasteiger partial charge in [-0.25, -0.2) is 0 Å². The van der Waals surface area contributed by atoms with Crippen molar-refractivity contribution in [3.8, 4) is 0 Å². The van der Waals surface area contributed by atoms with Crippen molar-refractivity contribution in [2.45, 2.75) is 71.0 Å². The molecule has 2 N–H and O–H groups in total. The molecule has 0 aromatic heterocycles. The lowest BCUT2D eigenvalue weighted by Crippen LogP contribution is -2.28. The number of hydrogen-bond acceptors (Lipinski definition) is 2. The molecule has 3 rings (SSSR count).